The molecule has 1 saturated carbocycles. The van der Waals surface area contributed by atoms with Gasteiger partial charge in [-0.05, 0) is 39.0 Å². The summed E-state index contributed by atoms with van der Waals surface area (Å²) in [5.41, 5.74) is 0. The van der Waals surface area contributed by atoms with Gasteiger partial charge in [-0.25, -0.2) is 0 Å². The van der Waals surface area contributed by atoms with Crippen LogP contribution in [0.4, 0.5) is 0 Å². The first kappa shape index (κ1) is 15.3. The van der Waals surface area contributed by atoms with E-state index >= 15 is 0 Å². The quantitative estimate of drug-likeness (QED) is 0.852. The topological polar surface area (TPSA) is 58.6 Å². The van der Waals surface area contributed by atoms with Crippen molar-refractivity contribution in [3.05, 3.63) is 0 Å². The summed E-state index contributed by atoms with van der Waals surface area (Å²) in [5, 5.41) is 2.84. The number of hydrogen-bond donors (Lipinski definition) is 1. The molecule has 1 heterocycles. The van der Waals surface area contributed by atoms with Gasteiger partial charge in [-0.2, -0.15) is 0 Å². The van der Waals surface area contributed by atoms with Crippen LogP contribution >= 0.6 is 0 Å². The van der Waals surface area contributed by atoms with Gasteiger partial charge in [0.1, 0.15) is 6.04 Å². The van der Waals surface area contributed by atoms with Crippen LogP contribution in [0.2, 0.25) is 0 Å². The molecule has 20 heavy (non-hydrogen) atoms. The average molecular weight is 282 g/mol. The highest BCUT2D eigenvalue weighted by Crippen LogP contribution is 2.28. The first-order valence-corrected chi connectivity index (χ1v) is 7.71. The molecule has 5 heteroatoms. The lowest BCUT2D eigenvalue weighted by atomic mass is 9.90. The van der Waals surface area contributed by atoms with E-state index in [0.29, 0.717) is 12.8 Å². The van der Waals surface area contributed by atoms with Crippen molar-refractivity contribution in [3.8, 4) is 0 Å². The second-order valence-electron chi connectivity index (χ2n) is 6.01. The van der Waals surface area contributed by atoms with Crippen LogP contribution in [0.3, 0.4) is 0 Å². The predicted octanol–water partition coefficient (Wildman–Crippen LogP) is 1.46. The van der Waals surface area contributed by atoms with Gasteiger partial charge in [0.25, 0.3) is 0 Å². The van der Waals surface area contributed by atoms with Gasteiger partial charge >= 0.3 is 0 Å². The van der Waals surface area contributed by atoms with Crippen molar-refractivity contribution in [2.75, 3.05) is 7.11 Å². The van der Waals surface area contributed by atoms with Gasteiger partial charge in [0.2, 0.25) is 11.8 Å². The Balaban J connectivity index is 2.17. The van der Waals surface area contributed by atoms with Crippen molar-refractivity contribution < 1.29 is 14.3 Å². The van der Waals surface area contributed by atoms with Gasteiger partial charge in [-0.15, -0.1) is 0 Å². The van der Waals surface area contributed by atoms with Crippen LogP contribution in [0.1, 0.15) is 52.4 Å². The highest BCUT2D eigenvalue weighted by Gasteiger charge is 2.38. The number of methoxy groups -OCH3 is 1. The van der Waals surface area contributed by atoms with E-state index in [9.17, 15) is 9.59 Å². The van der Waals surface area contributed by atoms with E-state index in [4.69, 9.17) is 4.74 Å². The molecule has 4 unspecified atom stereocenters. The number of amides is 2. The fourth-order valence-corrected chi connectivity index (χ4v) is 3.48. The Morgan fingerprint density at radius 2 is 2.10 bits per heavy atom. The molecule has 0 aromatic rings. The molecule has 2 amide bonds. The number of rotatable bonds is 3. The molecule has 0 bridgehead atoms. The van der Waals surface area contributed by atoms with Gasteiger partial charge in [0, 0.05) is 25.6 Å². The van der Waals surface area contributed by atoms with E-state index in [1.54, 1.807) is 7.11 Å². The van der Waals surface area contributed by atoms with Crippen LogP contribution < -0.4 is 5.32 Å². The Morgan fingerprint density at radius 3 is 2.75 bits per heavy atom. The number of carbonyl (C=O) groups excluding carboxylic acids is 2. The summed E-state index contributed by atoms with van der Waals surface area (Å²) in [7, 11) is 1.74. The second kappa shape index (κ2) is 6.57. The SMILES string of the molecule is CCC1NC(=O)CC(C)N(C2CCCC(OC)C2)C1=O. The van der Waals surface area contributed by atoms with E-state index in [0.717, 1.165) is 25.7 Å². The van der Waals surface area contributed by atoms with Crippen LogP contribution in [0, 0.1) is 0 Å². The molecule has 114 valence electrons. The smallest absolute Gasteiger partial charge is 0.245 e. The normalized spacial score (nSPS) is 35.6. The minimum atomic E-state index is -0.365. The lowest BCUT2D eigenvalue weighted by molar-refractivity contribution is -0.139. The Labute approximate surface area is 121 Å². The van der Waals surface area contributed by atoms with Crippen LogP contribution in [-0.2, 0) is 14.3 Å². The molecule has 5 nitrogen and oxygen atoms in total. The molecular formula is C15H26N2O3. The summed E-state index contributed by atoms with van der Waals surface area (Å²) in [6.07, 6.45) is 5.33. The standard InChI is InChI=1S/C15H26N2O3/c1-4-13-15(19)17(10(2)8-14(18)16-13)11-6-5-7-12(9-11)20-3/h10-13H,4-9H2,1-3H3,(H,16,18). The number of ether oxygens (including phenoxy) is 1. The highest BCUT2D eigenvalue weighted by molar-refractivity contribution is 5.90. The van der Waals surface area contributed by atoms with Crippen molar-refractivity contribution >= 4 is 11.8 Å². The summed E-state index contributed by atoms with van der Waals surface area (Å²) < 4.78 is 5.47. The van der Waals surface area contributed by atoms with Crippen molar-refractivity contribution in [1.29, 1.82) is 0 Å². The third-order valence-corrected chi connectivity index (χ3v) is 4.58. The molecule has 2 rings (SSSR count). The first-order valence-electron chi connectivity index (χ1n) is 7.71. The number of nitrogens with one attached hydrogen (secondary N) is 1. The van der Waals surface area contributed by atoms with Gasteiger partial charge in [0.05, 0.1) is 6.10 Å². The minimum absolute atomic E-state index is 0.0145. The lowest BCUT2D eigenvalue weighted by Gasteiger charge is -2.40. The van der Waals surface area contributed by atoms with Gasteiger partial charge in [0.15, 0.2) is 0 Å². The highest BCUT2D eigenvalue weighted by atomic mass is 16.5. The zero-order valence-corrected chi connectivity index (χ0v) is 12.7. The molecule has 2 fully saturated rings. The third kappa shape index (κ3) is 3.14. The Bertz CT molecular complexity index is 372. The fraction of sp³-hybridized carbons (Fsp3) is 0.867. The summed E-state index contributed by atoms with van der Waals surface area (Å²) in [5.74, 6) is 0.0619. The molecule has 1 aliphatic carbocycles. The van der Waals surface area contributed by atoms with Crippen molar-refractivity contribution in [2.24, 2.45) is 0 Å². The molecule has 1 N–H and O–H groups in total. The molecule has 1 saturated heterocycles. The molecule has 0 spiro atoms. The Kier molecular flexibility index (Phi) is 5.02. The summed E-state index contributed by atoms with van der Waals surface area (Å²) in [6.45, 7) is 3.92. The maximum absolute atomic E-state index is 12.7. The van der Waals surface area contributed by atoms with Gasteiger partial charge < -0.3 is 15.0 Å². The van der Waals surface area contributed by atoms with Gasteiger partial charge in [-0.1, -0.05) is 6.92 Å². The molecule has 0 radical (unpaired) electrons. The molecule has 0 aromatic heterocycles. The van der Waals surface area contributed by atoms with E-state index < -0.39 is 0 Å². The minimum Gasteiger partial charge on any atom is -0.381 e. The van der Waals surface area contributed by atoms with Crippen LogP contribution in [-0.4, -0.2) is 48.1 Å². The average Bonchev–Trinajstić information content (AvgIpc) is 2.54. The van der Waals surface area contributed by atoms with E-state index in [1.807, 2.05) is 18.7 Å². The van der Waals surface area contributed by atoms with Crippen molar-refractivity contribution in [3.63, 3.8) is 0 Å². The maximum Gasteiger partial charge on any atom is 0.245 e. The molecular weight excluding hydrogens is 256 g/mol. The summed E-state index contributed by atoms with van der Waals surface area (Å²) >= 11 is 0. The van der Waals surface area contributed by atoms with Crippen molar-refractivity contribution in [1.82, 2.24) is 10.2 Å². The molecule has 0 aromatic carbocycles. The molecule has 2 aliphatic rings. The monoisotopic (exact) mass is 282 g/mol. The summed E-state index contributed by atoms with van der Waals surface area (Å²) in [6, 6.07) is -0.187. The van der Waals surface area contributed by atoms with Crippen LogP contribution in [0.15, 0.2) is 0 Å². The predicted molar refractivity (Wildman–Crippen MR) is 76.2 cm³/mol. The largest absolute Gasteiger partial charge is 0.381 e. The number of carbonyl (C=O) groups is 2. The third-order valence-electron chi connectivity index (χ3n) is 4.58. The Morgan fingerprint density at radius 1 is 1.35 bits per heavy atom. The Hall–Kier alpha value is -1.10. The molecule has 1 aliphatic heterocycles. The fourth-order valence-electron chi connectivity index (χ4n) is 3.48. The zero-order chi connectivity index (χ0) is 14.7. The van der Waals surface area contributed by atoms with Crippen molar-refractivity contribution in [2.45, 2.75) is 76.6 Å². The molecule has 4 atom stereocenters. The number of nitrogens with zero attached hydrogens (tertiary/aromatic N) is 1. The first-order chi connectivity index (χ1) is 9.56. The van der Waals surface area contributed by atoms with E-state index in [1.165, 1.54) is 0 Å². The van der Waals surface area contributed by atoms with Gasteiger partial charge in [-0.3, -0.25) is 9.59 Å². The van der Waals surface area contributed by atoms with Crippen LogP contribution in [0.5, 0.6) is 0 Å². The van der Waals surface area contributed by atoms with E-state index in [2.05, 4.69) is 5.32 Å². The number of hydrogen-bond acceptors (Lipinski definition) is 3. The van der Waals surface area contributed by atoms with E-state index in [-0.39, 0.29) is 36.0 Å². The maximum atomic E-state index is 12.7. The lowest BCUT2D eigenvalue weighted by Crippen LogP contribution is -2.52. The second-order valence-corrected chi connectivity index (χ2v) is 6.01. The zero-order valence-electron chi connectivity index (χ0n) is 12.7. The van der Waals surface area contributed by atoms with Crippen LogP contribution in [0.25, 0.3) is 0 Å². The summed E-state index contributed by atoms with van der Waals surface area (Å²) in [4.78, 5) is 26.5.